The molecule has 0 aliphatic rings. The Labute approximate surface area is 170 Å². The average Bonchev–Trinajstić information content (AvgIpc) is 2.68. The minimum atomic E-state index is -0.348. The van der Waals surface area contributed by atoms with Gasteiger partial charge in [-0.05, 0) is 61.0 Å². The van der Waals surface area contributed by atoms with Crippen LogP contribution in [-0.2, 0) is 0 Å². The van der Waals surface area contributed by atoms with Crippen molar-refractivity contribution < 1.29 is 14.3 Å². The van der Waals surface area contributed by atoms with Gasteiger partial charge in [-0.2, -0.15) is 0 Å². The first-order valence-corrected chi connectivity index (χ1v) is 9.48. The van der Waals surface area contributed by atoms with Gasteiger partial charge in [0.1, 0.15) is 5.75 Å². The number of anilines is 1. The Morgan fingerprint density at radius 1 is 1.04 bits per heavy atom. The number of benzene rings is 2. The van der Waals surface area contributed by atoms with E-state index in [0.717, 1.165) is 6.42 Å². The SMILES string of the molecule is CNC(=O)c1ccc(NC(=S)NC(=O)c2ccccc2OCCC(C)C)cc1. The number of amides is 2. The van der Waals surface area contributed by atoms with E-state index in [-0.39, 0.29) is 16.9 Å². The van der Waals surface area contributed by atoms with Crippen LogP contribution in [0.15, 0.2) is 48.5 Å². The van der Waals surface area contributed by atoms with Crippen LogP contribution < -0.4 is 20.7 Å². The molecule has 0 saturated carbocycles. The highest BCUT2D eigenvalue weighted by Crippen LogP contribution is 2.19. The molecule has 0 heterocycles. The molecule has 3 N–H and O–H groups in total. The van der Waals surface area contributed by atoms with Crippen LogP contribution in [0.25, 0.3) is 0 Å². The zero-order valence-corrected chi connectivity index (χ0v) is 17.1. The fraction of sp³-hybridized carbons (Fsp3) is 0.286. The smallest absolute Gasteiger partial charge is 0.261 e. The van der Waals surface area contributed by atoms with Crippen molar-refractivity contribution in [3.63, 3.8) is 0 Å². The van der Waals surface area contributed by atoms with Gasteiger partial charge in [-0.15, -0.1) is 0 Å². The third kappa shape index (κ3) is 6.35. The van der Waals surface area contributed by atoms with Gasteiger partial charge in [0, 0.05) is 18.3 Å². The molecule has 0 aliphatic carbocycles. The lowest BCUT2D eigenvalue weighted by molar-refractivity contribution is 0.0958. The third-order valence-electron chi connectivity index (χ3n) is 3.94. The van der Waals surface area contributed by atoms with Gasteiger partial charge >= 0.3 is 0 Å². The summed E-state index contributed by atoms with van der Waals surface area (Å²) in [6.45, 7) is 4.78. The highest BCUT2D eigenvalue weighted by atomic mass is 32.1. The molecule has 0 bridgehead atoms. The molecule has 28 heavy (non-hydrogen) atoms. The molecule has 2 rings (SSSR count). The van der Waals surface area contributed by atoms with E-state index >= 15 is 0 Å². The average molecular weight is 400 g/mol. The van der Waals surface area contributed by atoms with Crippen LogP contribution in [0.1, 0.15) is 41.0 Å². The van der Waals surface area contributed by atoms with E-state index in [9.17, 15) is 9.59 Å². The standard InChI is InChI=1S/C21H25N3O3S/c1-14(2)12-13-27-18-7-5-4-6-17(18)20(26)24-21(28)23-16-10-8-15(9-11-16)19(25)22-3/h4-11,14H,12-13H2,1-3H3,(H,22,25)(H2,23,24,26,28). The lowest BCUT2D eigenvalue weighted by atomic mass is 10.1. The molecular weight excluding hydrogens is 374 g/mol. The molecule has 0 radical (unpaired) electrons. The Hall–Kier alpha value is -2.93. The first-order valence-electron chi connectivity index (χ1n) is 9.07. The van der Waals surface area contributed by atoms with Crippen LogP contribution in [0.5, 0.6) is 5.75 Å². The molecule has 0 fully saturated rings. The van der Waals surface area contributed by atoms with Crippen molar-refractivity contribution in [3.05, 3.63) is 59.7 Å². The van der Waals surface area contributed by atoms with Gasteiger partial charge in [0.25, 0.3) is 11.8 Å². The number of carbonyl (C=O) groups is 2. The number of ether oxygens (including phenoxy) is 1. The fourth-order valence-electron chi connectivity index (χ4n) is 2.37. The summed E-state index contributed by atoms with van der Waals surface area (Å²) >= 11 is 5.22. The van der Waals surface area contributed by atoms with Crippen LogP contribution in [0.2, 0.25) is 0 Å². The van der Waals surface area contributed by atoms with E-state index < -0.39 is 0 Å². The largest absolute Gasteiger partial charge is 0.493 e. The van der Waals surface area contributed by atoms with Crippen molar-refractivity contribution >= 4 is 34.8 Å². The van der Waals surface area contributed by atoms with Crippen molar-refractivity contribution in [2.24, 2.45) is 5.92 Å². The molecule has 0 saturated heterocycles. The number of thiocarbonyl (C=S) groups is 1. The van der Waals surface area contributed by atoms with Gasteiger partial charge in [0.05, 0.1) is 12.2 Å². The summed E-state index contributed by atoms with van der Waals surface area (Å²) in [4.78, 5) is 24.1. The second-order valence-electron chi connectivity index (χ2n) is 6.59. The summed E-state index contributed by atoms with van der Waals surface area (Å²) < 4.78 is 5.75. The summed E-state index contributed by atoms with van der Waals surface area (Å²) in [6.07, 6.45) is 0.905. The highest BCUT2D eigenvalue weighted by Gasteiger charge is 2.14. The van der Waals surface area contributed by atoms with Gasteiger partial charge in [-0.1, -0.05) is 26.0 Å². The van der Waals surface area contributed by atoms with Gasteiger partial charge in [-0.25, -0.2) is 0 Å². The quantitative estimate of drug-likeness (QED) is 0.620. The third-order valence-corrected chi connectivity index (χ3v) is 4.15. The van der Waals surface area contributed by atoms with E-state index in [1.165, 1.54) is 0 Å². The predicted octanol–water partition coefficient (Wildman–Crippen LogP) is 3.60. The van der Waals surface area contributed by atoms with Crippen molar-refractivity contribution in [2.45, 2.75) is 20.3 Å². The molecule has 6 nitrogen and oxygen atoms in total. The summed E-state index contributed by atoms with van der Waals surface area (Å²) in [5, 5.41) is 8.31. The second kappa shape index (κ2) is 10.4. The lowest BCUT2D eigenvalue weighted by Crippen LogP contribution is -2.34. The fourth-order valence-corrected chi connectivity index (χ4v) is 2.58. The molecule has 0 aromatic heterocycles. The zero-order valence-electron chi connectivity index (χ0n) is 16.2. The number of carbonyl (C=O) groups excluding carboxylic acids is 2. The number of hydrogen-bond donors (Lipinski definition) is 3. The van der Waals surface area contributed by atoms with Crippen LogP contribution in [0, 0.1) is 5.92 Å². The first-order chi connectivity index (χ1) is 13.4. The van der Waals surface area contributed by atoms with Gasteiger partial charge < -0.3 is 15.4 Å². The Kier molecular flexibility index (Phi) is 7.95. The molecule has 0 aliphatic heterocycles. The van der Waals surface area contributed by atoms with Crippen molar-refractivity contribution in [2.75, 3.05) is 19.0 Å². The van der Waals surface area contributed by atoms with Gasteiger partial charge in [0.15, 0.2) is 5.11 Å². The van der Waals surface area contributed by atoms with Gasteiger partial charge in [0.2, 0.25) is 0 Å². The summed E-state index contributed by atoms with van der Waals surface area (Å²) in [5.74, 6) is 0.530. The maximum absolute atomic E-state index is 12.6. The topological polar surface area (TPSA) is 79.5 Å². The van der Waals surface area contributed by atoms with Crippen molar-refractivity contribution in [3.8, 4) is 5.75 Å². The van der Waals surface area contributed by atoms with E-state index in [1.807, 2.05) is 6.07 Å². The van der Waals surface area contributed by atoms with Crippen molar-refractivity contribution in [1.29, 1.82) is 0 Å². The van der Waals surface area contributed by atoms with Crippen LogP contribution in [0.3, 0.4) is 0 Å². The zero-order chi connectivity index (χ0) is 20.5. The van der Waals surface area contributed by atoms with E-state index in [4.69, 9.17) is 17.0 Å². The van der Waals surface area contributed by atoms with Crippen LogP contribution >= 0.6 is 12.2 Å². The molecule has 7 heteroatoms. The van der Waals surface area contributed by atoms with E-state index in [2.05, 4.69) is 29.8 Å². The minimum Gasteiger partial charge on any atom is -0.493 e. The summed E-state index contributed by atoms with van der Waals surface area (Å²) in [7, 11) is 1.57. The molecule has 0 unspecified atom stereocenters. The van der Waals surface area contributed by atoms with E-state index in [1.54, 1.807) is 49.5 Å². The Morgan fingerprint density at radius 3 is 2.36 bits per heavy atom. The maximum Gasteiger partial charge on any atom is 0.261 e. The highest BCUT2D eigenvalue weighted by molar-refractivity contribution is 7.80. The molecular formula is C21H25N3O3S. The Bertz CT molecular complexity index is 835. The predicted molar refractivity (Wildman–Crippen MR) is 115 cm³/mol. The number of hydrogen-bond acceptors (Lipinski definition) is 4. The van der Waals surface area contributed by atoms with Gasteiger partial charge in [-0.3, -0.25) is 14.9 Å². The van der Waals surface area contributed by atoms with Crippen LogP contribution in [0.4, 0.5) is 5.69 Å². The molecule has 2 aromatic rings. The maximum atomic E-state index is 12.6. The second-order valence-corrected chi connectivity index (χ2v) is 7.00. The molecule has 0 spiro atoms. The first kappa shape index (κ1) is 21.4. The summed E-state index contributed by atoms with van der Waals surface area (Å²) in [5.41, 5.74) is 1.63. The number of nitrogens with one attached hydrogen (secondary N) is 3. The molecule has 148 valence electrons. The molecule has 2 aromatic carbocycles. The van der Waals surface area contributed by atoms with Crippen molar-refractivity contribution in [1.82, 2.24) is 10.6 Å². The van der Waals surface area contributed by atoms with E-state index in [0.29, 0.717) is 35.1 Å². The monoisotopic (exact) mass is 399 g/mol. The summed E-state index contributed by atoms with van der Waals surface area (Å²) in [6, 6.07) is 13.8. The normalized spacial score (nSPS) is 10.3. The number of para-hydroxylation sites is 1. The minimum absolute atomic E-state index is 0.162. The molecule has 0 atom stereocenters. The number of rotatable bonds is 7. The van der Waals surface area contributed by atoms with Crippen LogP contribution in [-0.4, -0.2) is 30.6 Å². The Balaban J connectivity index is 1.97. The lowest BCUT2D eigenvalue weighted by Gasteiger charge is -2.14. The Morgan fingerprint density at radius 2 is 1.71 bits per heavy atom. The molecule has 2 amide bonds.